The van der Waals surface area contributed by atoms with Crippen LogP contribution in [0.5, 0.6) is 11.5 Å². The summed E-state index contributed by atoms with van der Waals surface area (Å²) < 4.78 is 12.7. The van der Waals surface area contributed by atoms with Gasteiger partial charge in [0, 0.05) is 6.54 Å². The Morgan fingerprint density at radius 1 is 0.895 bits per heavy atom. The number of fused-ring (bicyclic) bond motifs is 1. The van der Waals surface area contributed by atoms with Gasteiger partial charge in [0.05, 0.1) is 15.6 Å². The van der Waals surface area contributed by atoms with Gasteiger partial charge in [0.25, 0.3) is 11.1 Å². The molecule has 192 valence electrons. The number of methoxy groups -OCH3 is 1. The van der Waals surface area contributed by atoms with E-state index in [4.69, 9.17) is 9.47 Å². The molecule has 0 aromatic heterocycles. The summed E-state index contributed by atoms with van der Waals surface area (Å²) in [5.74, 6) is 0.970. The lowest BCUT2D eigenvalue weighted by Gasteiger charge is -2.14. The number of hydrogen-bond acceptors (Lipinski definition) is 5. The smallest absolute Gasteiger partial charge is 0.293 e. The molecule has 0 spiro atoms. The van der Waals surface area contributed by atoms with Gasteiger partial charge in [0.2, 0.25) is 0 Å². The first kappa shape index (κ1) is 26.3. The van der Waals surface area contributed by atoms with E-state index in [1.54, 1.807) is 13.2 Å². The monoisotopic (exact) mass is 635 g/mol. The molecule has 5 rings (SSSR count). The molecular weight excluding hydrogens is 609 g/mol. The van der Waals surface area contributed by atoms with Gasteiger partial charge in [0.1, 0.15) is 6.61 Å². The van der Waals surface area contributed by atoms with Crippen molar-refractivity contribution < 1.29 is 19.1 Å². The molecule has 2 amide bonds. The fourth-order valence-electron chi connectivity index (χ4n) is 4.38. The highest BCUT2D eigenvalue weighted by Gasteiger charge is 2.34. The first-order valence-corrected chi connectivity index (χ1v) is 14.2. The van der Waals surface area contributed by atoms with Gasteiger partial charge in [-0.2, -0.15) is 0 Å². The van der Waals surface area contributed by atoms with E-state index in [9.17, 15) is 9.59 Å². The average Bonchev–Trinajstić information content (AvgIpc) is 3.20. The van der Waals surface area contributed by atoms with E-state index in [0.717, 1.165) is 39.3 Å². The lowest BCUT2D eigenvalue weighted by Crippen LogP contribution is -2.29. The molecule has 1 aliphatic heterocycles. The van der Waals surface area contributed by atoms with Crippen molar-refractivity contribution in [3.05, 3.63) is 110 Å². The van der Waals surface area contributed by atoms with Crippen LogP contribution < -0.4 is 9.47 Å². The third kappa shape index (κ3) is 6.05. The molecule has 0 bridgehead atoms. The summed E-state index contributed by atoms with van der Waals surface area (Å²) in [4.78, 5) is 27.3. The molecule has 5 nitrogen and oxygen atoms in total. The van der Waals surface area contributed by atoms with Crippen molar-refractivity contribution in [2.45, 2.75) is 19.4 Å². The maximum absolute atomic E-state index is 13.0. The third-order valence-electron chi connectivity index (χ3n) is 6.31. The van der Waals surface area contributed by atoms with Crippen LogP contribution in [0, 0.1) is 3.57 Å². The summed E-state index contributed by atoms with van der Waals surface area (Å²) in [5, 5.41) is 2.12. The van der Waals surface area contributed by atoms with Gasteiger partial charge in [-0.25, -0.2) is 0 Å². The molecule has 1 heterocycles. The fraction of sp³-hybridized carbons (Fsp3) is 0.161. The van der Waals surface area contributed by atoms with Crippen LogP contribution in [-0.2, 0) is 17.8 Å². The second kappa shape index (κ2) is 12.0. The number of imide groups is 1. The maximum Gasteiger partial charge on any atom is 0.293 e. The minimum atomic E-state index is -0.251. The van der Waals surface area contributed by atoms with E-state index >= 15 is 0 Å². The number of carbonyl (C=O) groups is 2. The number of benzene rings is 4. The SMILES string of the molecule is COc1cc(/C=C2/SC(=O)N(CCCc3ccccc3)C2=O)cc(I)c1OCc1ccc2ccccc2c1. The average molecular weight is 636 g/mol. The zero-order valence-corrected chi connectivity index (χ0v) is 23.8. The zero-order valence-electron chi connectivity index (χ0n) is 20.9. The molecule has 0 radical (unpaired) electrons. The highest BCUT2D eigenvalue weighted by atomic mass is 127. The number of nitrogens with zero attached hydrogens (tertiary/aromatic N) is 1. The molecule has 4 aromatic carbocycles. The van der Waals surface area contributed by atoms with Crippen molar-refractivity contribution in [2.75, 3.05) is 13.7 Å². The van der Waals surface area contributed by atoms with E-state index in [0.29, 0.717) is 29.6 Å². The topological polar surface area (TPSA) is 55.8 Å². The molecule has 1 fully saturated rings. The van der Waals surface area contributed by atoms with Crippen molar-refractivity contribution in [1.29, 1.82) is 0 Å². The summed E-state index contributed by atoms with van der Waals surface area (Å²) in [6.45, 7) is 0.803. The van der Waals surface area contributed by atoms with Crippen molar-refractivity contribution in [3.8, 4) is 11.5 Å². The van der Waals surface area contributed by atoms with Gasteiger partial charge in [-0.3, -0.25) is 14.5 Å². The Labute approximate surface area is 240 Å². The summed E-state index contributed by atoms with van der Waals surface area (Å²) in [5.41, 5.74) is 3.03. The molecule has 0 unspecified atom stereocenters. The number of aryl methyl sites for hydroxylation is 1. The normalized spacial score (nSPS) is 14.5. The number of rotatable bonds is 9. The van der Waals surface area contributed by atoms with Crippen molar-refractivity contribution >= 4 is 62.3 Å². The van der Waals surface area contributed by atoms with Crippen LogP contribution in [0.1, 0.15) is 23.1 Å². The minimum Gasteiger partial charge on any atom is -0.493 e. The predicted molar refractivity (Wildman–Crippen MR) is 161 cm³/mol. The number of halogens is 1. The number of amides is 2. The van der Waals surface area contributed by atoms with E-state index in [2.05, 4.69) is 65.1 Å². The fourth-order valence-corrected chi connectivity index (χ4v) is 6.02. The summed E-state index contributed by atoms with van der Waals surface area (Å²) in [7, 11) is 1.60. The summed E-state index contributed by atoms with van der Waals surface area (Å²) >= 11 is 3.19. The molecule has 7 heteroatoms. The third-order valence-corrected chi connectivity index (χ3v) is 8.02. The molecule has 4 aromatic rings. The first-order chi connectivity index (χ1) is 18.5. The Hall–Kier alpha value is -3.30. The Morgan fingerprint density at radius 3 is 2.45 bits per heavy atom. The number of hydrogen-bond donors (Lipinski definition) is 0. The molecule has 1 aliphatic rings. The standard InChI is InChI=1S/C31H26INO4S/c1-36-27-18-23(17-26(32)29(27)37-20-22-13-14-24-11-5-6-12-25(24)16-22)19-28-30(34)33(31(35)38-28)15-7-10-21-8-3-2-4-9-21/h2-6,8-9,11-14,16-19H,7,10,15,20H2,1H3/b28-19+. The first-order valence-electron chi connectivity index (χ1n) is 12.3. The van der Waals surface area contributed by atoms with Gasteiger partial charge < -0.3 is 9.47 Å². The van der Waals surface area contributed by atoms with Gasteiger partial charge in [-0.05, 0) is 98.9 Å². The van der Waals surface area contributed by atoms with Gasteiger partial charge in [0.15, 0.2) is 11.5 Å². The maximum atomic E-state index is 13.0. The Bertz CT molecular complexity index is 1520. The van der Waals surface area contributed by atoms with Crippen LogP contribution in [0.3, 0.4) is 0 Å². The lowest BCUT2D eigenvalue weighted by molar-refractivity contribution is -0.122. The minimum absolute atomic E-state index is 0.230. The molecule has 0 atom stereocenters. The molecular formula is C31H26INO4S. The summed E-state index contributed by atoms with van der Waals surface area (Å²) in [6.07, 6.45) is 3.29. The molecule has 0 saturated carbocycles. The van der Waals surface area contributed by atoms with Gasteiger partial charge in [-0.1, -0.05) is 66.7 Å². The van der Waals surface area contributed by atoms with E-state index < -0.39 is 0 Å². The van der Waals surface area contributed by atoms with Crippen LogP contribution in [-0.4, -0.2) is 29.7 Å². The second-order valence-corrected chi connectivity index (χ2v) is 11.1. The van der Waals surface area contributed by atoms with Crippen molar-refractivity contribution in [1.82, 2.24) is 4.90 Å². The van der Waals surface area contributed by atoms with Crippen LogP contribution >= 0.6 is 34.4 Å². The molecule has 0 N–H and O–H groups in total. The van der Waals surface area contributed by atoms with E-state index in [1.807, 2.05) is 42.5 Å². The predicted octanol–water partition coefficient (Wildman–Crippen LogP) is 7.70. The highest BCUT2D eigenvalue weighted by molar-refractivity contribution is 14.1. The number of thioether (sulfide) groups is 1. The van der Waals surface area contributed by atoms with Crippen molar-refractivity contribution in [3.63, 3.8) is 0 Å². The Kier molecular flexibility index (Phi) is 8.34. The van der Waals surface area contributed by atoms with Gasteiger partial charge in [-0.15, -0.1) is 0 Å². The van der Waals surface area contributed by atoms with E-state index in [-0.39, 0.29) is 11.1 Å². The molecule has 1 saturated heterocycles. The number of carbonyl (C=O) groups excluding carboxylic acids is 2. The zero-order chi connectivity index (χ0) is 26.5. The highest BCUT2D eigenvalue weighted by Crippen LogP contribution is 2.38. The van der Waals surface area contributed by atoms with E-state index in [1.165, 1.54) is 21.2 Å². The molecule has 0 aliphatic carbocycles. The largest absolute Gasteiger partial charge is 0.493 e. The Morgan fingerprint density at radius 2 is 1.66 bits per heavy atom. The number of ether oxygens (including phenoxy) is 2. The van der Waals surface area contributed by atoms with Gasteiger partial charge >= 0.3 is 0 Å². The van der Waals surface area contributed by atoms with Crippen LogP contribution in [0.15, 0.2) is 89.8 Å². The molecule has 38 heavy (non-hydrogen) atoms. The van der Waals surface area contributed by atoms with Crippen LogP contribution in [0.25, 0.3) is 16.8 Å². The van der Waals surface area contributed by atoms with Crippen LogP contribution in [0.2, 0.25) is 0 Å². The van der Waals surface area contributed by atoms with Crippen LogP contribution in [0.4, 0.5) is 4.79 Å². The lowest BCUT2D eigenvalue weighted by atomic mass is 10.1. The van der Waals surface area contributed by atoms with Crippen molar-refractivity contribution in [2.24, 2.45) is 0 Å². The second-order valence-electron chi connectivity index (χ2n) is 8.93. The Balaban J connectivity index is 1.27. The quantitative estimate of drug-likeness (QED) is 0.139. The summed E-state index contributed by atoms with van der Waals surface area (Å²) in [6, 6.07) is 28.3.